The second kappa shape index (κ2) is 9.38. The van der Waals surface area contributed by atoms with E-state index in [1.807, 2.05) is 0 Å². The quantitative estimate of drug-likeness (QED) is 0.684. The van der Waals surface area contributed by atoms with Crippen LogP contribution in [0.5, 0.6) is 5.75 Å². The molecular formula is C16H25ClN2O5S. The van der Waals surface area contributed by atoms with Gasteiger partial charge in [0.15, 0.2) is 0 Å². The number of hydrogen-bond donors (Lipinski definition) is 2. The number of carbonyl (C=O) groups is 1. The first-order valence-corrected chi connectivity index (χ1v) is 9.40. The van der Waals surface area contributed by atoms with Crippen LogP contribution in [0.2, 0.25) is 0 Å². The second-order valence-corrected chi connectivity index (χ2v) is 7.58. The fourth-order valence-corrected chi connectivity index (χ4v) is 4.41. The molecule has 0 bridgehead atoms. The van der Waals surface area contributed by atoms with Crippen LogP contribution >= 0.6 is 12.4 Å². The molecule has 0 heterocycles. The minimum absolute atomic E-state index is 0. The van der Waals surface area contributed by atoms with E-state index in [-0.39, 0.29) is 47.1 Å². The summed E-state index contributed by atoms with van der Waals surface area (Å²) in [6.07, 6.45) is 4.17. The highest BCUT2D eigenvalue weighted by molar-refractivity contribution is 7.89. The standard InChI is InChI=1S/C16H24N2O5S.ClH/c1-22-15-9-12(7-8-13(15)16(19)23-2)24(20,21)18-14(10-17)11-5-3-4-6-11;/h7-9,11,14,18H,3-6,10,17H2,1-2H3;1H. The van der Waals surface area contributed by atoms with Gasteiger partial charge < -0.3 is 15.2 Å². The zero-order valence-electron chi connectivity index (χ0n) is 14.4. The van der Waals surface area contributed by atoms with Gasteiger partial charge in [-0.3, -0.25) is 0 Å². The SMILES string of the molecule is COC(=O)c1ccc(S(=O)(=O)NC(CN)C2CCCC2)cc1OC.Cl. The fourth-order valence-electron chi connectivity index (χ4n) is 3.08. The van der Waals surface area contributed by atoms with E-state index in [0.29, 0.717) is 0 Å². The van der Waals surface area contributed by atoms with Gasteiger partial charge in [-0.05, 0) is 30.9 Å². The average Bonchev–Trinajstić information content (AvgIpc) is 3.12. The molecule has 1 saturated carbocycles. The van der Waals surface area contributed by atoms with Gasteiger partial charge in [-0.2, -0.15) is 0 Å². The molecule has 1 fully saturated rings. The third-order valence-electron chi connectivity index (χ3n) is 4.42. The average molecular weight is 393 g/mol. The van der Waals surface area contributed by atoms with E-state index in [2.05, 4.69) is 9.46 Å². The molecule has 0 radical (unpaired) electrons. The lowest BCUT2D eigenvalue weighted by atomic mass is 9.99. The van der Waals surface area contributed by atoms with Gasteiger partial charge in [-0.1, -0.05) is 12.8 Å². The Morgan fingerprint density at radius 3 is 2.48 bits per heavy atom. The van der Waals surface area contributed by atoms with Gasteiger partial charge in [0.1, 0.15) is 11.3 Å². The zero-order valence-corrected chi connectivity index (χ0v) is 16.0. The summed E-state index contributed by atoms with van der Waals surface area (Å²) in [5.74, 6) is -0.176. The fraction of sp³-hybridized carbons (Fsp3) is 0.562. The van der Waals surface area contributed by atoms with Crippen LogP contribution in [0.3, 0.4) is 0 Å². The van der Waals surface area contributed by atoms with Crippen LogP contribution in [0.4, 0.5) is 0 Å². The van der Waals surface area contributed by atoms with Gasteiger partial charge in [0, 0.05) is 18.7 Å². The smallest absolute Gasteiger partial charge is 0.341 e. The number of esters is 1. The van der Waals surface area contributed by atoms with E-state index >= 15 is 0 Å². The minimum atomic E-state index is -3.75. The van der Waals surface area contributed by atoms with Crippen molar-refractivity contribution in [3.63, 3.8) is 0 Å². The molecule has 1 aromatic carbocycles. The first kappa shape index (κ1) is 21.7. The highest BCUT2D eigenvalue weighted by Crippen LogP contribution is 2.29. The van der Waals surface area contributed by atoms with E-state index in [0.717, 1.165) is 25.7 Å². The maximum atomic E-state index is 12.6. The monoisotopic (exact) mass is 392 g/mol. The molecular weight excluding hydrogens is 368 g/mol. The summed E-state index contributed by atoms with van der Waals surface area (Å²) in [7, 11) is -1.13. The highest BCUT2D eigenvalue weighted by atomic mass is 35.5. The highest BCUT2D eigenvalue weighted by Gasteiger charge is 2.29. The van der Waals surface area contributed by atoms with Gasteiger partial charge in [0.25, 0.3) is 0 Å². The van der Waals surface area contributed by atoms with Crippen LogP contribution < -0.4 is 15.2 Å². The van der Waals surface area contributed by atoms with Crippen LogP contribution in [0.25, 0.3) is 0 Å². The van der Waals surface area contributed by atoms with E-state index in [9.17, 15) is 13.2 Å². The number of rotatable bonds is 7. The molecule has 0 aliphatic heterocycles. The van der Waals surface area contributed by atoms with Gasteiger partial charge >= 0.3 is 5.97 Å². The van der Waals surface area contributed by atoms with Crippen molar-refractivity contribution in [3.05, 3.63) is 23.8 Å². The van der Waals surface area contributed by atoms with E-state index in [4.69, 9.17) is 10.5 Å². The number of carbonyl (C=O) groups excluding carboxylic acids is 1. The molecule has 1 atom stereocenters. The van der Waals surface area contributed by atoms with Gasteiger partial charge in [-0.25, -0.2) is 17.9 Å². The summed E-state index contributed by atoms with van der Waals surface area (Å²) in [6, 6.07) is 3.77. The molecule has 0 spiro atoms. The number of nitrogens with two attached hydrogens (primary N) is 1. The molecule has 1 aliphatic carbocycles. The summed E-state index contributed by atoms with van der Waals surface area (Å²) in [6.45, 7) is 0.251. The summed E-state index contributed by atoms with van der Waals surface area (Å²) in [5, 5.41) is 0. The zero-order chi connectivity index (χ0) is 17.7. The van der Waals surface area contributed by atoms with Crippen LogP contribution in [0.15, 0.2) is 23.1 Å². The van der Waals surface area contributed by atoms with E-state index in [1.54, 1.807) is 0 Å². The van der Waals surface area contributed by atoms with Crippen molar-refractivity contribution in [1.29, 1.82) is 0 Å². The second-order valence-electron chi connectivity index (χ2n) is 5.86. The van der Waals surface area contributed by atoms with Crippen molar-refractivity contribution in [3.8, 4) is 5.75 Å². The summed E-state index contributed by atoms with van der Waals surface area (Å²) < 4.78 is 37.7. The molecule has 0 amide bonds. The van der Waals surface area contributed by atoms with Gasteiger partial charge in [0.2, 0.25) is 10.0 Å². The van der Waals surface area contributed by atoms with Gasteiger partial charge in [-0.15, -0.1) is 12.4 Å². The van der Waals surface area contributed by atoms with Crippen molar-refractivity contribution in [2.75, 3.05) is 20.8 Å². The van der Waals surface area contributed by atoms with Gasteiger partial charge in [0.05, 0.1) is 19.1 Å². The number of hydrogen-bond acceptors (Lipinski definition) is 6. The molecule has 9 heteroatoms. The van der Waals surface area contributed by atoms with E-state index in [1.165, 1.54) is 32.4 Å². The number of halogens is 1. The topological polar surface area (TPSA) is 108 Å². The molecule has 142 valence electrons. The largest absolute Gasteiger partial charge is 0.496 e. The number of nitrogens with one attached hydrogen (secondary N) is 1. The lowest BCUT2D eigenvalue weighted by molar-refractivity contribution is 0.0597. The summed E-state index contributed by atoms with van der Waals surface area (Å²) in [5.41, 5.74) is 5.93. The normalized spacial score (nSPS) is 16.1. The van der Waals surface area contributed by atoms with Crippen molar-refractivity contribution >= 4 is 28.4 Å². The number of methoxy groups -OCH3 is 2. The molecule has 25 heavy (non-hydrogen) atoms. The molecule has 7 nitrogen and oxygen atoms in total. The Balaban J connectivity index is 0.00000312. The first-order valence-electron chi connectivity index (χ1n) is 7.91. The lowest BCUT2D eigenvalue weighted by Gasteiger charge is -2.23. The predicted molar refractivity (Wildman–Crippen MR) is 96.7 cm³/mol. The Kier molecular flexibility index (Phi) is 8.14. The molecule has 1 aliphatic rings. The Morgan fingerprint density at radius 2 is 1.96 bits per heavy atom. The summed E-state index contributed by atoms with van der Waals surface area (Å²) in [4.78, 5) is 11.7. The number of benzene rings is 1. The third kappa shape index (κ3) is 5.07. The predicted octanol–water partition coefficient (Wildman–Crippen LogP) is 1.70. The van der Waals surface area contributed by atoms with Crippen LogP contribution in [-0.2, 0) is 14.8 Å². The Morgan fingerprint density at radius 1 is 1.32 bits per heavy atom. The molecule has 3 N–H and O–H groups in total. The lowest BCUT2D eigenvalue weighted by Crippen LogP contribution is -2.44. The Labute approximate surface area is 154 Å². The van der Waals surface area contributed by atoms with Crippen molar-refractivity contribution in [2.45, 2.75) is 36.6 Å². The van der Waals surface area contributed by atoms with Crippen molar-refractivity contribution < 1.29 is 22.7 Å². The minimum Gasteiger partial charge on any atom is -0.496 e. The maximum absolute atomic E-state index is 12.6. The number of sulfonamides is 1. The molecule has 0 saturated heterocycles. The first-order chi connectivity index (χ1) is 11.4. The molecule has 1 aromatic rings. The Bertz CT molecular complexity index is 690. The Hall–Kier alpha value is -1.35. The number of ether oxygens (including phenoxy) is 2. The third-order valence-corrected chi connectivity index (χ3v) is 5.91. The van der Waals surface area contributed by atoms with Crippen LogP contribution in [0.1, 0.15) is 36.0 Å². The van der Waals surface area contributed by atoms with Crippen LogP contribution in [0, 0.1) is 5.92 Å². The van der Waals surface area contributed by atoms with Crippen molar-refractivity contribution in [1.82, 2.24) is 4.72 Å². The molecule has 2 rings (SSSR count). The maximum Gasteiger partial charge on any atom is 0.341 e. The van der Waals surface area contributed by atoms with Crippen LogP contribution in [-0.4, -0.2) is 41.2 Å². The van der Waals surface area contributed by atoms with Crippen molar-refractivity contribution in [2.24, 2.45) is 11.7 Å². The molecule has 1 unspecified atom stereocenters. The molecule has 0 aromatic heterocycles. The summed E-state index contributed by atoms with van der Waals surface area (Å²) >= 11 is 0. The van der Waals surface area contributed by atoms with E-state index < -0.39 is 16.0 Å².